The lowest BCUT2D eigenvalue weighted by atomic mass is 10.1. The van der Waals surface area contributed by atoms with Crippen LogP contribution in [0.25, 0.3) is 11.0 Å². The van der Waals surface area contributed by atoms with Gasteiger partial charge in [0.15, 0.2) is 23.1 Å². The van der Waals surface area contributed by atoms with E-state index in [0.717, 1.165) is 4.57 Å². The van der Waals surface area contributed by atoms with Crippen LogP contribution in [0.15, 0.2) is 42.5 Å². The zero-order valence-corrected chi connectivity index (χ0v) is 13.7. The smallest absolute Gasteiger partial charge is 0.320 e. The lowest BCUT2D eigenvalue weighted by Gasteiger charge is -2.12. The molecule has 0 aliphatic carbocycles. The van der Waals surface area contributed by atoms with Crippen LogP contribution in [-0.4, -0.2) is 22.4 Å². The molecule has 0 saturated heterocycles. The molecular weight excluding hydrogens is 330 g/mol. The highest BCUT2D eigenvalue weighted by molar-refractivity contribution is 5.94. The zero-order chi connectivity index (χ0) is 18.0. The van der Waals surface area contributed by atoms with Gasteiger partial charge in [0.1, 0.15) is 6.61 Å². The molecule has 5 nitrogen and oxygen atoms in total. The number of carbonyl (C=O) groups excluding carboxylic acids is 1. The van der Waals surface area contributed by atoms with Crippen molar-refractivity contribution in [3.05, 3.63) is 53.9 Å². The Morgan fingerprint density at radius 1 is 1.20 bits per heavy atom. The zero-order valence-electron chi connectivity index (χ0n) is 13.7. The highest BCUT2D eigenvalue weighted by Crippen LogP contribution is 2.30. The van der Waals surface area contributed by atoms with Crippen molar-refractivity contribution in [2.24, 2.45) is 0 Å². The molecule has 2 aromatic carbocycles. The van der Waals surface area contributed by atoms with E-state index in [-0.39, 0.29) is 18.2 Å². The van der Waals surface area contributed by atoms with E-state index in [1.54, 1.807) is 42.5 Å². The molecule has 0 amide bonds. The number of para-hydroxylation sites is 2. The summed E-state index contributed by atoms with van der Waals surface area (Å²) in [7, 11) is 1.44. The lowest BCUT2D eigenvalue weighted by molar-refractivity contribution is 0.0676. The summed E-state index contributed by atoms with van der Waals surface area (Å²) in [5, 5.41) is 0. The van der Waals surface area contributed by atoms with Crippen LogP contribution >= 0.6 is 0 Å². The first kappa shape index (κ1) is 16.9. The van der Waals surface area contributed by atoms with Crippen molar-refractivity contribution in [3.8, 4) is 11.5 Å². The van der Waals surface area contributed by atoms with Crippen LogP contribution in [0.1, 0.15) is 29.7 Å². The van der Waals surface area contributed by atoms with Gasteiger partial charge in [-0.3, -0.25) is 9.36 Å². The second-order valence-electron chi connectivity index (χ2n) is 5.37. The van der Waals surface area contributed by atoms with Gasteiger partial charge in [-0.1, -0.05) is 12.1 Å². The van der Waals surface area contributed by atoms with Crippen molar-refractivity contribution in [3.63, 3.8) is 0 Å². The fourth-order valence-corrected chi connectivity index (χ4v) is 2.56. The molecule has 7 heteroatoms. The van der Waals surface area contributed by atoms with Crippen LogP contribution in [0.5, 0.6) is 11.5 Å². The summed E-state index contributed by atoms with van der Waals surface area (Å²) in [4.78, 5) is 15.6. The monoisotopic (exact) mass is 346 g/mol. The summed E-state index contributed by atoms with van der Waals surface area (Å²) in [6, 6.07) is 11.4. The minimum atomic E-state index is -2.73. The molecule has 1 aromatic heterocycles. The molecule has 0 fully saturated rings. The number of carbonyl (C=O) groups is 1. The van der Waals surface area contributed by atoms with Gasteiger partial charge >= 0.3 is 6.55 Å². The highest BCUT2D eigenvalue weighted by atomic mass is 19.3. The number of fused-ring (bicyclic) bond motifs is 1. The summed E-state index contributed by atoms with van der Waals surface area (Å²) in [5.41, 5.74) is 1.29. The average Bonchev–Trinajstić information content (AvgIpc) is 2.98. The number of ether oxygens (including phenoxy) is 2. The number of nitrogens with zero attached hydrogens (tertiary/aromatic N) is 2. The van der Waals surface area contributed by atoms with Crippen LogP contribution in [-0.2, 0) is 6.61 Å². The topological polar surface area (TPSA) is 53.4 Å². The number of methoxy groups -OCH3 is 1. The molecule has 0 bridgehead atoms. The average molecular weight is 346 g/mol. The molecule has 0 radical (unpaired) electrons. The number of hydrogen-bond acceptors (Lipinski definition) is 4. The van der Waals surface area contributed by atoms with Gasteiger partial charge in [0.2, 0.25) is 0 Å². The minimum Gasteiger partial charge on any atom is -0.493 e. The number of halogens is 2. The summed E-state index contributed by atoms with van der Waals surface area (Å²) < 4.78 is 38.5. The Bertz CT molecular complexity index is 922. The number of rotatable bonds is 6. The quantitative estimate of drug-likeness (QED) is 0.627. The number of imidazole rings is 1. The second kappa shape index (κ2) is 6.88. The molecule has 0 atom stereocenters. The van der Waals surface area contributed by atoms with E-state index in [0.29, 0.717) is 28.1 Å². The maximum absolute atomic E-state index is 13.4. The SMILES string of the molecule is COc1cc(C(C)=O)ccc1OCc1nc2ccccc2n1C(F)F. The highest BCUT2D eigenvalue weighted by Gasteiger charge is 2.18. The largest absolute Gasteiger partial charge is 0.493 e. The summed E-state index contributed by atoms with van der Waals surface area (Å²) in [5.74, 6) is 0.700. The molecular formula is C18H16F2N2O3. The van der Waals surface area contributed by atoms with E-state index in [1.165, 1.54) is 14.0 Å². The van der Waals surface area contributed by atoms with Crippen LogP contribution in [0, 0.1) is 0 Å². The summed E-state index contributed by atoms with van der Waals surface area (Å²) in [6.45, 7) is -1.44. The number of ketones is 1. The number of alkyl halides is 2. The predicted molar refractivity (Wildman–Crippen MR) is 88.3 cm³/mol. The first-order valence-electron chi connectivity index (χ1n) is 7.57. The normalized spacial score (nSPS) is 11.1. The van der Waals surface area contributed by atoms with Crippen molar-refractivity contribution in [1.82, 2.24) is 9.55 Å². The Kier molecular flexibility index (Phi) is 4.65. The molecule has 25 heavy (non-hydrogen) atoms. The Hall–Kier alpha value is -2.96. The lowest BCUT2D eigenvalue weighted by Crippen LogP contribution is -2.08. The second-order valence-corrected chi connectivity index (χ2v) is 5.37. The molecule has 0 spiro atoms. The van der Waals surface area contributed by atoms with Crippen molar-refractivity contribution in [2.45, 2.75) is 20.1 Å². The Labute approximate surface area is 142 Å². The van der Waals surface area contributed by atoms with Crippen LogP contribution in [0.3, 0.4) is 0 Å². The first-order chi connectivity index (χ1) is 12.0. The molecule has 130 valence electrons. The first-order valence-corrected chi connectivity index (χ1v) is 7.57. The number of aromatic nitrogens is 2. The fraction of sp³-hybridized carbons (Fsp3) is 0.222. The fourth-order valence-electron chi connectivity index (χ4n) is 2.56. The van der Waals surface area contributed by atoms with Crippen molar-refractivity contribution < 1.29 is 23.0 Å². The van der Waals surface area contributed by atoms with Crippen LogP contribution in [0.4, 0.5) is 8.78 Å². The van der Waals surface area contributed by atoms with E-state index >= 15 is 0 Å². The van der Waals surface area contributed by atoms with Crippen LogP contribution in [0.2, 0.25) is 0 Å². The molecule has 3 rings (SSSR count). The van der Waals surface area contributed by atoms with Crippen LogP contribution < -0.4 is 9.47 Å². The van der Waals surface area contributed by atoms with Gasteiger partial charge in [0, 0.05) is 5.56 Å². The van der Waals surface area contributed by atoms with E-state index < -0.39 is 6.55 Å². The standard InChI is InChI=1S/C18H16F2N2O3/c1-11(23)12-7-8-15(16(9-12)24-2)25-10-17-21-13-5-3-4-6-14(13)22(17)18(19)20/h3-9,18H,10H2,1-2H3. The molecule has 0 aliphatic heterocycles. The molecule has 0 saturated carbocycles. The molecule has 0 N–H and O–H groups in total. The molecule has 3 aromatic rings. The summed E-state index contributed by atoms with van der Waals surface area (Å²) >= 11 is 0. The van der Waals surface area contributed by atoms with Gasteiger partial charge in [-0.05, 0) is 37.3 Å². The molecule has 1 heterocycles. The van der Waals surface area contributed by atoms with Gasteiger partial charge < -0.3 is 9.47 Å². The van der Waals surface area contributed by atoms with Gasteiger partial charge in [0.05, 0.1) is 18.1 Å². The Morgan fingerprint density at radius 2 is 1.96 bits per heavy atom. The van der Waals surface area contributed by atoms with Gasteiger partial charge in [0.25, 0.3) is 0 Å². The number of hydrogen-bond donors (Lipinski definition) is 0. The van der Waals surface area contributed by atoms with Gasteiger partial charge in [-0.2, -0.15) is 8.78 Å². The molecule has 0 unspecified atom stereocenters. The number of benzene rings is 2. The third kappa shape index (κ3) is 3.31. The third-order valence-corrected chi connectivity index (χ3v) is 3.79. The minimum absolute atomic E-state index is 0.105. The van der Waals surface area contributed by atoms with Crippen molar-refractivity contribution >= 4 is 16.8 Å². The number of Topliss-reactive ketones (excluding diaryl/α,β-unsaturated/α-hetero) is 1. The third-order valence-electron chi connectivity index (χ3n) is 3.79. The van der Waals surface area contributed by atoms with Crippen molar-refractivity contribution in [1.29, 1.82) is 0 Å². The summed E-state index contributed by atoms with van der Waals surface area (Å²) in [6.07, 6.45) is 0. The van der Waals surface area contributed by atoms with Gasteiger partial charge in [-0.15, -0.1) is 0 Å². The maximum atomic E-state index is 13.4. The van der Waals surface area contributed by atoms with E-state index in [1.807, 2.05) is 0 Å². The van der Waals surface area contributed by atoms with E-state index in [4.69, 9.17) is 9.47 Å². The van der Waals surface area contributed by atoms with E-state index in [9.17, 15) is 13.6 Å². The maximum Gasteiger partial charge on any atom is 0.320 e. The van der Waals surface area contributed by atoms with E-state index in [2.05, 4.69) is 4.98 Å². The Morgan fingerprint density at radius 3 is 2.64 bits per heavy atom. The van der Waals surface area contributed by atoms with Crippen molar-refractivity contribution in [2.75, 3.05) is 7.11 Å². The molecule has 0 aliphatic rings. The predicted octanol–water partition coefficient (Wildman–Crippen LogP) is 4.22. The Balaban J connectivity index is 1.90. The van der Waals surface area contributed by atoms with Gasteiger partial charge in [-0.25, -0.2) is 4.98 Å².